The summed E-state index contributed by atoms with van der Waals surface area (Å²) < 4.78 is 7.47. The monoisotopic (exact) mass is 526 g/mol. The normalized spacial score (nSPS) is 16.4. The Kier molecular flexibility index (Phi) is 9.26. The van der Waals surface area contributed by atoms with Crippen molar-refractivity contribution >= 4 is 35.6 Å². The van der Waals surface area contributed by atoms with E-state index in [2.05, 4.69) is 53.5 Å². The molecule has 0 bridgehead atoms. The number of aryl methyl sites for hydroxylation is 2. The lowest BCUT2D eigenvalue weighted by atomic mass is 10.1. The zero-order valence-corrected chi connectivity index (χ0v) is 21.1. The van der Waals surface area contributed by atoms with Crippen molar-refractivity contribution in [3.8, 4) is 5.75 Å². The second-order valence-electron chi connectivity index (χ2n) is 7.53. The summed E-state index contributed by atoms with van der Waals surface area (Å²) in [6.07, 6.45) is 1.98. The van der Waals surface area contributed by atoms with Crippen LogP contribution in [0, 0.1) is 13.8 Å². The number of aliphatic imine (C=N–C) groups is 1. The molecule has 30 heavy (non-hydrogen) atoms. The van der Waals surface area contributed by atoms with E-state index in [9.17, 15) is 0 Å². The highest BCUT2D eigenvalue weighted by atomic mass is 127. The first-order chi connectivity index (χ1) is 14.0. The minimum Gasteiger partial charge on any atom is -0.495 e. The number of ether oxygens (including phenoxy) is 1. The summed E-state index contributed by atoms with van der Waals surface area (Å²) in [5.41, 5.74) is 4.78. The van der Waals surface area contributed by atoms with Gasteiger partial charge in [0.1, 0.15) is 5.75 Å². The van der Waals surface area contributed by atoms with E-state index >= 15 is 0 Å². The lowest BCUT2D eigenvalue weighted by Crippen LogP contribution is -2.44. The van der Waals surface area contributed by atoms with Crippen molar-refractivity contribution in [2.45, 2.75) is 39.7 Å². The lowest BCUT2D eigenvalue weighted by molar-refractivity contribution is 0.415. The van der Waals surface area contributed by atoms with Gasteiger partial charge >= 0.3 is 0 Å². The highest BCUT2D eigenvalue weighted by Crippen LogP contribution is 2.30. The molecular weight excluding hydrogens is 491 g/mol. The molecule has 0 saturated carbocycles. The van der Waals surface area contributed by atoms with Crippen LogP contribution in [-0.2, 0) is 13.5 Å². The van der Waals surface area contributed by atoms with Gasteiger partial charge in [0.2, 0.25) is 0 Å². The first-order valence-electron chi connectivity index (χ1n) is 10.4. The van der Waals surface area contributed by atoms with Crippen LogP contribution in [0.2, 0.25) is 0 Å². The van der Waals surface area contributed by atoms with Crippen LogP contribution < -0.4 is 20.3 Å². The van der Waals surface area contributed by atoms with E-state index in [1.54, 1.807) is 7.11 Å². The number of halogens is 1. The van der Waals surface area contributed by atoms with Crippen molar-refractivity contribution in [3.63, 3.8) is 0 Å². The molecule has 1 aliphatic heterocycles. The molecule has 0 amide bonds. The topological polar surface area (TPSA) is 66.7 Å². The second-order valence-corrected chi connectivity index (χ2v) is 7.53. The van der Waals surface area contributed by atoms with Crippen LogP contribution >= 0.6 is 24.0 Å². The molecule has 1 fully saturated rings. The van der Waals surface area contributed by atoms with Crippen LogP contribution in [0.3, 0.4) is 0 Å². The third-order valence-electron chi connectivity index (χ3n) is 5.59. The minimum atomic E-state index is 0. The molecule has 1 aliphatic rings. The maximum Gasteiger partial charge on any atom is 0.191 e. The van der Waals surface area contributed by atoms with Gasteiger partial charge in [-0.05, 0) is 51.3 Å². The fourth-order valence-corrected chi connectivity index (χ4v) is 3.96. The van der Waals surface area contributed by atoms with Gasteiger partial charge in [0.25, 0.3) is 0 Å². The van der Waals surface area contributed by atoms with Gasteiger partial charge in [-0.2, -0.15) is 5.10 Å². The van der Waals surface area contributed by atoms with Crippen molar-refractivity contribution in [1.82, 2.24) is 20.4 Å². The molecule has 1 atom stereocenters. The van der Waals surface area contributed by atoms with E-state index < -0.39 is 0 Å². The van der Waals surface area contributed by atoms with Crippen LogP contribution in [0.1, 0.15) is 30.3 Å². The summed E-state index contributed by atoms with van der Waals surface area (Å²) in [7, 11) is 3.72. The Morgan fingerprint density at radius 2 is 2.07 bits per heavy atom. The molecule has 0 spiro atoms. The molecule has 2 aromatic rings. The fourth-order valence-electron chi connectivity index (χ4n) is 3.96. The zero-order chi connectivity index (χ0) is 20.8. The predicted molar refractivity (Wildman–Crippen MR) is 135 cm³/mol. The molecule has 8 heteroatoms. The molecule has 2 heterocycles. The maximum absolute atomic E-state index is 5.52. The van der Waals surface area contributed by atoms with Gasteiger partial charge in [-0.15, -0.1) is 24.0 Å². The van der Waals surface area contributed by atoms with E-state index in [1.165, 1.54) is 11.3 Å². The number of nitrogens with zero attached hydrogens (tertiary/aromatic N) is 4. The van der Waals surface area contributed by atoms with Crippen molar-refractivity contribution in [3.05, 3.63) is 41.2 Å². The van der Waals surface area contributed by atoms with Crippen LogP contribution in [0.15, 0.2) is 29.3 Å². The summed E-state index contributed by atoms with van der Waals surface area (Å²) >= 11 is 0. The van der Waals surface area contributed by atoms with Gasteiger partial charge in [-0.25, -0.2) is 0 Å². The molecule has 1 aromatic carbocycles. The second kappa shape index (κ2) is 11.4. The molecule has 2 N–H and O–H groups in total. The molecule has 0 aliphatic carbocycles. The van der Waals surface area contributed by atoms with Crippen LogP contribution in [-0.4, -0.2) is 55.1 Å². The Labute approximate surface area is 197 Å². The lowest BCUT2D eigenvalue weighted by Gasteiger charge is -2.22. The van der Waals surface area contributed by atoms with E-state index in [-0.39, 0.29) is 24.0 Å². The number of anilines is 1. The molecule has 7 nitrogen and oxygen atoms in total. The number of aromatic nitrogens is 2. The first kappa shape index (κ1) is 24.3. The van der Waals surface area contributed by atoms with Crippen LogP contribution in [0.25, 0.3) is 0 Å². The van der Waals surface area contributed by atoms with Crippen molar-refractivity contribution < 1.29 is 4.74 Å². The van der Waals surface area contributed by atoms with Crippen molar-refractivity contribution in [1.29, 1.82) is 0 Å². The molecule has 166 valence electrons. The number of hydrogen-bond acceptors (Lipinski definition) is 4. The first-order valence-corrected chi connectivity index (χ1v) is 10.4. The molecule has 0 radical (unpaired) electrons. The number of nitrogens with one attached hydrogen (secondary N) is 2. The number of hydrogen-bond donors (Lipinski definition) is 2. The van der Waals surface area contributed by atoms with Gasteiger partial charge in [-0.3, -0.25) is 9.67 Å². The SMILES string of the molecule is CCNC(=NCCc1c(C)nn(C)c1C)NC1CCN(c2ccccc2OC)C1.I. The smallest absolute Gasteiger partial charge is 0.191 e. The highest BCUT2D eigenvalue weighted by molar-refractivity contribution is 14.0. The number of para-hydroxylation sites is 2. The van der Waals surface area contributed by atoms with Gasteiger partial charge in [0.15, 0.2) is 5.96 Å². The average Bonchev–Trinajstić information content (AvgIpc) is 3.27. The molecule has 3 rings (SSSR count). The number of methoxy groups -OCH3 is 1. The van der Waals surface area contributed by atoms with E-state index in [0.29, 0.717) is 6.04 Å². The summed E-state index contributed by atoms with van der Waals surface area (Å²) in [6, 6.07) is 8.57. The van der Waals surface area contributed by atoms with Gasteiger partial charge in [0, 0.05) is 45.0 Å². The molecule has 1 saturated heterocycles. The van der Waals surface area contributed by atoms with Gasteiger partial charge < -0.3 is 20.3 Å². The Morgan fingerprint density at radius 3 is 2.73 bits per heavy atom. The third-order valence-corrected chi connectivity index (χ3v) is 5.59. The van der Waals surface area contributed by atoms with E-state index in [0.717, 1.165) is 62.1 Å². The predicted octanol–water partition coefficient (Wildman–Crippen LogP) is 3.04. The zero-order valence-electron chi connectivity index (χ0n) is 18.7. The molecular formula is C22H35IN6O. The number of rotatable bonds is 7. The highest BCUT2D eigenvalue weighted by Gasteiger charge is 2.25. The summed E-state index contributed by atoms with van der Waals surface area (Å²) in [6.45, 7) is 9.82. The van der Waals surface area contributed by atoms with Crippen LogP contribution in [0.4, 0.5) is 5.69 Å². The average molecular weight is 526 g/mol. The summed E-state index contributed by atoms with van der Waals surface area (Å²) in [5, 5.41) is 11.5. The Balaban J connectivity index is 0.00000320. The largest absolute Gasteiger partial charge is 0.495 e. The third kappa shape index (κ3) is 5.80. The summed E-state index contributed by atoms with van der Waals surface area (Å²) in [4.78, 5) is 7.19. The maximum atomic E-state index is 5.52. The van der Waals surface area contributed by atoms with Crippen molar-refractivity contribution in [2.24, 2.45) is 12.0 Å². The Morgan fingerprint density at radius 1 is 1.30 bits per heavy atom. The molecule has 1 aromatic heterocycles. The van der Waals surface area contributed by atoms with Gasteiger partial charge in [-0.1, -0.05) is 12.1 Å². The van der Waals surface area contributed by atoms with Gasteiger partial charge in [0.05, 0.1) is 18.5 Å². The minimum absolute atomic E-state index is 0. The van der Waals surface area contributed by atoms with E-state index in [4.69, 9.17) is 9.73 Å². The van der Waals surface area contributed by atoms with Crippen LogP contribution in [0.5, 0.6) is 5.75 Å². The van der Waals surface area contributed by atoms with Crippen molar-refractivity contribution in [2.75, 3.05) is 38.2 Å². The Bertz CT molecular complexity index is 850. The van der Waals surface area contributed by atoms with E-state index in [1.807, 2.05) is 23.9 Å². The number of guanidine groups is 1. The standard InChI is InChI=1S/C22H34N6O.HI/c1-6-23-22(24-13-11-19-16(2)26-27(4)17(19)3)25-18-12-14-28(15-18)20-9-7-8-10-21(20)29-5;/h7-10,18H,6,11-15H2,1-5H3,(H2,23,24,25);1H. The Hall–Kier alpha value is -1.97. The molecule has 1 unspecified atom stereocenters. The summed E-state index contributed by atoms with van der Waals surface area (Å²) in [5.74, 6) is 1.81. The quantitative estimate of drug-likeness (QED) is 0.330. The number of benzene rings is 1. The fraction of sp³-hybridized carbons (Fsp3) is 0.545.